The Morgan fingerprint density at radius 2 is 2.00 bits per heavy atom. The number of hydrogen-bond donors (Lipinski definition) is 2. The number of halogens is 1. The number of aliphatic hydroxyl groups excluding tert-OH is 1. The van der Waals surface area contributed by atoms with Crippen molar-refractivity contribution in [1.82, 2.24) is 20.0 Å². The summed E-state index contributed by atoms with van der Waals surface area (Å²) < 4.78 is 20.0. The van der Waals surface area contributed by atoms with Crippen molar-refractivity contribution in [2.24, 2.45) is 10.9 Å². The number of carbonyl (C=O) groups excluding carboxylic acids is 2. The average Bonchev–Trinajstić information content (AvgIpc) is 3.78. The van der Waals surface area contributed by atoms with Gasteiger partial charge in [0.2, 0.25) is 0 Å². The largest absolute Gasteiger partial charge is 0.483 e. The van der Waals surface area contributed by atoms with Crippen LogP contribution in [0.2, 0.25) is 0 Å². The van der Waals surface area contributed by atoms with Gasteiger partial charge in [0, 0.05) is 50.9 Å². The third kappa shape index (κ3) is 6.00. The molecule has 3 heterocycles. The zero-order valence-electron chi connectivity index (χ0n) is 22.4. The van der Waals surface area contributed by atoms with E-state index in [1.807, 2.05) is 22.9 Å². The molecule has 2 fully saturated rings. The monoisotopic (exact) mass is 537 g/mol. The Kier molecular flexibility index (Phi) is 8.02. The molecule has 10 heteroatoms. The molecule has 39 heavy (non-hydrogen) atoms. The first-order valence-corrected chi connectivity index (χ1v) is 13.7. The van der Waals surface area contributed by atoms with Crippen molar-refractivity contribution < 1.29 is 23.8 Å². The van der Waals surface area contributed by atoms with Crippen LogP contribution >= 0.6 is 0 Å². The van der Waals surface area contributed by atoms with E-state index in [1.54, 1.807) is 4.90 Å². The van der Waals surface area contributed by atoms with Gasteiger partial charge in [-0.3, -0.25) is 9.59 Å². The Bertz CT molecular complexity index is 1240. The van der Waals surface area contributed by atoms with Gasteiger partial charge in [-0.15, -0.1) is 0 Å². The van der Waals surface area contributed by atoms with Gasteiger partial charge in [0.1, 0.15) is 23.2 Å². The molecule has 0 aromatic heterocycles. The third-order valence-electron chi connectivity index (χ3n) is 7.64. The molecule has 208 valence electrons. The predicted octanol–water partition coefficient (Wildman–Crippen LogP) is 2.66. The van der Waals surface area contributed by atoms with Crippen LogP contribution in [0.1, 0.15) is 42.5 Å². The third-order valence-corrected chi connectivity index (χ3v) is 7.64. The van der Waals surface area contributed by atoms with Gasteiger partial charge in [0.15, 0.2) is 6.61 Å². The van der Waals surface area contributed by atoms with Crippen LogP contribution in [0.4, 0.5) is 4.39 Å². The Morgan fingerprint density at radius 1 is 1.18 bits per heavy atom. The molecule has 1 aromatic carbocycles. The molecule has 2 bridgehead atoms. The van der Waals surface area contributed by atoms with Crippen LogP contribution < -0.4 is 10.1 Å². The number of hydrogen-bond acceptors (Lipinski definition) is 7. The summed E-state index contributed by atoms with van der Waals surface area (Å²) in [4.78, 5) is 37.1. The van der Waals surface area contributed by atoms with E-state index in [0.29, 0.717) is 37.9 Å². The number of aliphatic imine (C=N–C) groups is 1. The Morgan fingerprint density at radius 3 is 2.77 bits per heavy atom. The standard InChI is InChI=1S/C29H36FN5O4/c1-19-15-26-32-23(20-6-7-20)17-28(33(26)2)34(13-14-36)12-10-31-27(37)18-39-25-9-8-21(30)16-22(25)29(38)35-11-4-3-5-24(19)35/h8-9,15-17,20,24,36H,1,3-7,10-14,18H2,2H3,(H,31,37)/b26-15-. The van der Waals surface area contributed by atoms with Crippen molar-refractivity contribution in [1.29, 1.82) is 0 Å². The minimum Gasteiger partial charge on any atom is -0.483 e. The summed E-state index contributed by atoms with van der Waals surface area (Å²) in [6, 6.07) is 3.49. The molecule has 9 nitrogen and oxygen atoms in total. The summed E-state index contributed by atoms with van der Waals surface area (Å²) in [6.45, 7) is 5.68. The zero-order valence-corrected chi connectivity index (χ0v) is 22.4. The number of allylic oxidation sites excluding steroid dienone is 1. The Hall–Kier alpha value is -3.66. The second-order valence-electron chi connectivity index (χ2n) is 10.4. The van der Waals surface area contributed by atoms with Gasteiger partial charge >= 0.3 is 0 Å². The molecule has 3 aliphatic heterocycles. The lowest BCUT2D eigenvalue weighted by molar-refractivity contribution is -0.123. The zero-order chi connectivity index (χ0) is 27.5. The van der Waals surface area contributed by atoms with Crippen molar-refractivity contribution in [3.05, 3.63) is 65.5 Å². The Balaban J connectivity index is 1.55. The highest BCUT2D eigenvalue weighted by molar-refractivity contribution is 6.00. The second kappa shape index (κ2) is 11.6. The Labute approximate surface area is 228 Å². The molecule has 1 unspecified atom stereocenters. The number of nitrogens with zero attached hydrogens (tertiary/aromatic N) is 4. The fraction of sp³-hybridized carbons (Fsp3) is 0.483. The fourth-order valence-electron chi connectivity index (χ4n) is 5.37. The highest BCUT2D eigenvalue weighted by atomic mass is 19.1. The van der Waals surface area contributed by atoms with Crippen molar-refractivity contribution >= 4 is 17.5 Å². The second-order valence-corrected chi connectivity index (χ2v) is 10.4. The number of piperidine rings is 1. The van der Waals surface area contributed by atoms with Crippen LogP contribution in [-0.2, 0) is 4.79 Å². The van der Waals surface area contributed by atoms with E-state index in [2.05, 4.69) is 18.0 Å². The number of ether oxygens (including phenoxy) is 1. The minimum atomic E-state index is -0.551. The molecule has 1 aromatic rings. The summed E-state index contributed by atoms with van der Waals surface area (Å²) in [7, 11) is 1.92. The molecule has 1 atom stereocenters. The molecule has 0 spiro atoms. The van der Waals surface area contributed by atoms with Crippen molar-refractivity contribution in [2.45, 2.75) is 38.1 Å². The van der Waals surface area contributed by atoms with Gasteiger partial charge in [-0.25, -0.2) is 9.38 Å². The number of nitrogens with one attached hydrogen (secondary N) is 1. The van der Waals surface area contributed by atoms with Crippen LogP contribution in [-0.4, -0.2) is 89.8 Å². The lowest BCUT2D eigenvalue weighted by Gasteiger charge is -2.38. The van der Waals surface area contributed by atoms with E-state index in [1.165, 1.54) is 18.2 Å². The molecular weight excluding hydrogens is 501 g/mol. The summed E-state index contributed by atoms with van der Waals surface area (Å²) >= 11 is 0. The first-order valence-electron chi connectivity index (χ1n) is 13.7. The summed E-state index contributed by atoms with van der Waals surface area (Å²) in [6.07, 6.45) is 8.65. The maximum Gasteiger partial charge on any atom is 0.258 e. The SMILES string of the molecule is C=C1/C=C2/N=C(C3CC3)C=C(N(CCO)CCNC(=O)COc3ccc(F)cc3C(=O)N3CCCCC13)N2C. The van der Waals surface area contributed by atoms with Crippen molar-refractivity contribution in [3.63, 3.8) is 0 Å². The quantitative estimate of drug-likeness (QED) is 0.616. The number of β-amino-alcohol motifs (C(OH)–C–C–N with tert-alkyl or cyclic N) is 1. The normalized spacial score (nSPS) is 24.4. The average molecular weight is 538 g/mol. The van der Waals surface area contributed by atoms with Gasteiger partial charge in [0.25, 0.3) is 11.8 Å². The van der Waals surface area contributed by atoms with Gasteiger partial charge in [0.05, 0.1) is 18.2 Å². The first-order chi connectivity index (χ1) is 18.9. The van der Waals surface area contributed by atoms with Crippen LogP contribution in [0.3, 0.4) is 0 Å². The van der Waals surface area contributed by atoms with E-state index in [4.69, 9.17) is 9.73 Å². The lowest BCUT2D eigenvalue weighted by Crippen LogP contribution is -2.44. The minimum absolute atomic E-state index is 0.0453. The summed E-state index contributed by atoms with van der Waals surface area (Å²) in [5, 5.41) is 12.6. The van der Waals surface area contributed by atoms with Crippen LogP contribution in [0, 0.1) is 11.7 Å². The molecule has 2 amide bonds. The van der Waals surface area contributed by atoms with Crippen LogP contribution in [0.15, 0.2) is 59.1 Å². The maximum atomic E-state index is 14.3. The maximum absolute atomic E-state index is 14.3. The molecular formula is C29H36FN5O4. The number of rotatable bonds is 3. The van der Waals surface area contributed by atoms with E-state index < -0.39 is 5.82 Å². The summed E-state index contributed by atoms with van der Waals surface area (Å²) in [5.41, 5.74) is 1.82. The first kappa shape index (κ1) is 26.9. The van der Waals surface area contributed by atoms with Gasteiger partial charge in [-0.2, -0.15) is 0 Å². The number of carbonyl (C=O) groups is 2. The predicted molar refractivity (Wildman–Crippen MR) is 145 cm³/mol. The smallest absolute Gasteiger partial charge is 0.258 e. The number of fused-ring (bicyclic) bond motifs is 4. The number of amides is 2. The van der Waals surface area contributed by atoms with E-state index in [9.17, 15) is 19.1 Å². The lowest BCUT2D eigenvalue weighted by atomic mass is 9.94. The molecule has 1 saturated carbocycles. The van der Waals surface area contributed by atoms with Gasteiger partial charge in [-0.05, 0) is 62.0 Å². The number of aliphatic hydroxyl groups is 1. The highest BCUT2D eigenvalue weighted by Gasteiger charge is 2.34. The van der Waals surface area contributed by atoms with E-state index in [-0.39, 0.29) is 42.4 Å². The molecule has 5 rings (SSSR count). The topological polar surface area (TPSA) is 97.7 Å². The van der Waals surface area contributed by atoms with Crippen LogP contribution in [0.5, 0.6) is 5.75 Å². The van der Waals surface area contributed by atoms with Crippen molar-refractivity contribution in [3.8, 4) is 5.75 Å². The highest BCUT2D eigenvalue weighted by Crippen LogP contribution is 2.36. The van der Waals surface area contributed by atoms with Gasteiger partial charge in [-0.1, -0.05) is 6.58 Å². The summed E-state index contributed by atoms with van der Waals surface area (Å²) in [5.74, 6) is 0.888. The molecule has 4 aliphatic rings. The molecule has 0 radical (unpaired) electrons. The van der Waals surface area contributed by atoms with Gasteiger partial charge < -0.3 is 29.9 Å². The van der Waals surface area contributed by atoms with E-state index >= 15 is 0 Å². The molecule has 1 aliphatic carbocycles. The number of benzene rings is 1. The van der Waals surface area contributed by atoms with Crippen LogP contribution in [0.25, 0.3) is 0 Å². The molecule has 1 saturated heterocycles. The van der Waals surface area contributed by atoms with E-state index in [0.717, 1.165) is 49.2 Å². The fourth-order valence-corrected chi connectivity index (χ4v) is 5.37. The molecule has 2 N–H and O–H groups in total. The van der Waals surface area contributed by atoms with Crippen molar-refractivity contribution in [2.75, 3.05) is 46.4 Å².